The molecule has 4 nitrogen and oxygen atoms in total. The van der Waals surface area contributed by atoms with Crippen LogP contribution < -0.4 is 10.6 Å². The summed E-state index contributed by atoms with van der Waals surface area (Å²) in [5.74, 6) is -0.189. The topological polar surface area (TPSA) is 58.2 Å². The van der Waals surface area contributed by atoms with E-state index in [2.05, 4.69) is 26.6 Å². The Kier molecular flexibility index (Phi) is 6.71. The van der Waals surface area contributed by atoms with E-state index >= 15 is 0 Å². The average molecular weight is 341 g/mol. The number of halogens is 1. The summed E-state index contributed by atoms with van der Waals surface area (Å²) in [7, 11) is 0. The molecule has 1 unspecified atom stereocenters. The highest BCUT2D eigenvalue weighted by molar-refractivity contribution is 9.10. The first-order valence-electron chi connectivity index (χ1n) is 6.77. The largest absolute Gasteiger partial charge is 0.354 e. The Balaban J connectivity index is 2.44. The van der Waals surface area contributed by atoms with E-state index in [0.29, 0.717) is 18.5 Å². The normalized spacial score (nSPS) is 11.8. The summed E-state index contributed by atoms with van der Waals surface area (Å²) in [6.45, 7) is 6.20. The molecule has 0 spiro atoms. The third-order valence-corrected chi connectivity index (χ3v) is 3.59. The first-order valence-corrected chi connectivity index (χ1v) is 7.57. The Morgan fingerprint density at radius 1 is 1.35 bits per heavy atom. The zero-order valence-electron chi connectivity index (χ0n) is 12.1. The molecule has 2 amide bonds. The number of benzene rings is 1. The lowest BCUT2D eigenvalue weighted by Gasteiger charge is -2.12. The maximum absolute atomic E-state index is 12.0. The standard InChI is InChI=1S/C15H21BrN2O2/c1-4-11(3)18-14(19)7-8-17-15(20)13-9-12(16)6-5-10(13)2/h5-6,9,11H,4,7-8H2,1-3H3,(H,17,20)(H,18,19). The van der Waals surface area contributed by atoms with Crippen LogP contribution in [0.25, 0.3) is 0 Å². The molecule has 0 heterocycles. The molecule has 5 heteroatoms. The van der Waals surface area contributed by atoms with Crippen LogP contribution >= 0.6 is 15.9 Å². The van der Waals surface area contributed by atoms with E-state index in [1.54, 1.807) is 6.07 Å². The van der Waals surface area contributed by atoms with Gasteiger partial charge in [-0.15, -0.1) is 0 Å². The van der Waals surface area contributed by atoms with Crippen LogP contribution in [0.4, 0.5) is 0 Å². The van der Waals surface area contributed by atoms with Gasteiger partial charge in [0, 0.05) is 29.0 Å². The molecule has 0 aliphatic carbocycles. The summed E-state index contributed by atoms with van der Waals surface area (Å²) in [5.41, 5.74) is 1.54. The molecule has 110 valence electrons. The van der Waals surface area contributed by atoms with Gasteiger partial charge in [0.05, 0.1) is 0 Å². The van der Waals surface area contributed by atoms with Crippen LogP contribution in [0, 0.1) is 6.92 Å². The summed E-state index contributed by atoms with van der Waals surface area (Å²) in [5, 5.41) is 5.63. The van der Waals surface area contributed by atoms with E-state index in [1.807, 2.05) is 32.9 Å². The smallest absolute Gasteiger partial charge is 0.251 e. The maximum Gasteiger partial charge on any atom is 0.251 e. The Morgan fingerprint density at radius 2 is 2.05 bits per heavy atom. The number of carbonyl (C=O) groups is 2. The second-order valence-corrected chi connectivity index (χ2v) is 5.76. The number of carbonyl (C=O) groups excluding carboxylic acids is 2. The van der Waals surface area contributed by atoms with Crippen LogP contribution in [0.5, 0.6) is 0 Å². The van der Waals surface area contributed by atoms with Gasteiger partial charge >= 0.3 is 0 Å². The number of hydrogen-bond acceptors (Lipinski definition) is 2. The molecule has 0 aromatic heterocycles. The van der Waals surface area contributed by atoms with Crippen molar-refractivity contribution in [3.63, 3.8) is 0 Å². The van der Waals surface area contributed by atoms with Crippen molar-refractivity contribution in [2.24, 2.45) is 0 Å². The fourth-order valence-electron chi connectivity index (χ4n) is 1.67. The summed E-state index contributed by atoms with van der Waals surface area (Å²) in [6, 6.07) is 5.73. The predicted molar refractivity (Wildman–Crippen MR) is 83.7 cm³/mol. The van der Waals surface area contributed by atoms with E-state index in [0.717, 1.165) is 16.5 Å². The van der Waals surface area contributed by atoms with Crippen molar-refractivity contribution in [2.45, 2.75) is 39.7 Å². The average Bonchev–Trinajstić information content (AvgIpc) is 2.41. The van der Waals surface area contributed by atoms with Gasteiger partial charge in [-0.25, -0.2) is 0 Å². The number of hydrogen-bond donors (Lipinski definition) is 2. The summed E-state index contributed by atoms with van der Waals surface area (Å²) in [4.78, 5) is 23.6. The van der Waals surface area contributed by atoms with Crippen LogP contribution in [0.3, 0.4) is 0 Å². The minimum Gasteiger partial charge on any atom is -0.354 e. The fraction of sp³-hybridized carbons (Fsp3) is 0.467. The molecule has 0 aliphatic heterocycles. The molecular weight excluding hydrogens is 320 g/mol. The highest BCUT2D eigenvalue weighted by atomic mass is 79.9. The minimum absolute atomic E-state index is 0.0365. The molecule has 0 aliphatic rings. The predicted octanol–water partition coefficient (Wildman–Crippen LogP) is 2.79. The second-order valence-electron chi connectivity index (χ2n) is 4.84. The second kappa shape index (κ2) is 8.04. The third kappa shape index (κ3) is 5.33. The van der Waals surface area contributed by atoms with Crippen molar-refractivity contribution in [1.29, 1.82) is 0 Å². The highest BCUT2D eigenvalue weighted by Crippen LogP contribution is 2.15. The van der Waals surface area contributed by atoms with E-state index in [9.17, 15) is 9.59 Å². The lowest BCUT2D eigenvalue weighted by atomic mass is 10.1. The molecule has 0 saturated heterocycles. The van der Waals surface area contributed by atoms with Crippen molar-refractivity contribution < 1.29 is 9.59 Å². The minimum atomic E-state index is -0.153. The van der Waals surface area contributed by atoms with E-state index in [-0.39, 0.29) is 17.9 Å². The number of aryl methyl sites for hydroxylation is 1. The Bertz CT molecular complexity index is 489. The first kappa shape index (κ1) is 16.7. The van der Waals surface area contributed by atoms with Crippen LogP contribution in [0.15, 0.2) is 22.7 Å². The van der Waals surface area contributed by atoms with E-state index < -0.39 is 0 Å². The van der Waals surface area contributed by atoms with Crippen LogP contribution in [0.2, 0.25) is 0 Å². The van der Waals surface area contributed by atoms with Crippen molar-refractivity contribution in [2.75, 3.05) is 6.54 Å². The van der Waals surface area contributed by atoms with Gasteiger partial charge in [-0.05, 0) is 38.0 Å². The molecule has 1 aromatic carbocycles. The van der Waals surface area contributed by atoms with E-state index in [1.165, 1.54) is 0 Å². The van der Waals surface area contributed by atoms with Crippen LogP contribution in [-0.4, -0.2) is 24.4 Å². The fourth-order valence-corrected chi connectivity index (χ4v) is 2.03. The summed E-state index contributed by atoms with van der Waals surface area (Å²) in [6.07, 6.45) is 1.19. The van der Waals surface area contributed by atoms with E-state index in [4.69, 9.17) is 0 Å². The Labute approximate surface area is 128 Å². The SMILES string of the molecule is CCC(C)NC(=O)CCNC(=O)c1cc(Br)ccc1C. The summed E-state index contributed by atoms with van der Waals surface area (Å²) < 4.78 is 0.864. The molecule has 0 fully saturated rings. The monoisotopic (exact) mass is 340 g/mol. The van der Waals surface area contributed by atoms with Crippen molar-refractivity contribution in [3.05, 3.63) is 33.8 Å². The molecule has 0 bridgehead atoms. The van der Waals surface area contributed by atoms with Crippen molar-refractivity contribution in [1.82, 2.24) is 10.6 Å². The molecule has 0 radical (unpaired) electrons. The van der Waals surface area contributed by atoms with Gasteiger partial charge in [0.25, 0.3) is 5.91 Å². The molecule has 20 heavy (non-hydrogen) atoms. The van der Waals surface area contributed by atoms with Gasteiger partial charge in [0.15, 0.2) is 0 Å². The zero-order valence-corrected chi connectivity index (χ0v) is 13.7. The number of amides is 2. The zero-order chi connectivity index (χ0) is 15.1. The molecule has 0 saturated carbocycles. The number of nitrogens with one attached hydrogen (secondary N) is 2. The molecule has 2 N–H and O–H groups in total. The number of rotatable bonds is 6. The van der Waals surface area contributed by atoms with Crippen molar-refractivity contribution in [3.8, 4) is 0 Å². The van der Waals surface area contributed by atoms with Crippen LogP contribution in [0.1, 0.15) is 42.6 Å². The lowest BCUT2D eigenvalue weighted by molar-refractivity contribution is -0.121. The van der Waals surface area contributed by atoms with Gasteiger partial charge < -0.3 is 10.6 Å². The third-order valence-electron chi connectivity index (χ3n) is 3.10. The van der Waals surface area contributed by atoms with Gasteiger partial charge in [-0.2, -0.15) is 0 Å². The molecule has 1 rings (SSSR count). The lowest BCUT2D eigenvalue weighted by Crippen LogP contribution is -2.35. The molecular formula is C15H21BrN2O2. The Hall–Kier alpha value is -1.36. The van der Waals surface area contributed by atoms with Crippen molar-refractivity contribution >= 4 is 27.7 Å². The van der Waals surface area contributed by atoms with Gasteiger partial charge in [-0.1, -0.05) is 28.9 Å². The van der Waals surface area contributed by atoms with Gasteiger partial charge in [0.1, 0.15) is 0 Å². The Morgan fingerprint density at radius 3 is 2.70 bits per heavy atom. The first-order chi connectivity index (χ1) is 9.43. The van der Waals surface area contributed by atoms with Gasteiger partial charge in [0.2, 0.25) is 5.91 Å². The van der Waals surface area contributed by atoms with Gasteiger partial charge in [-0.3, -0.25) is 9.59 Å². The maximum atomic E-state index is 12.0. The molecule has 1 atom stereocenters. The summed E-state index contributed by atoms with van der Waals surface area (Å²) >= 11 is 3.35. The quantitative estimate of drug-likeness (QED) is 0.836. The highest BCUT2D eigenvalue weighted by Gasteiger charge is 2.10. The molecule has 1 aromatic rings. The van der Waals surface area contributed by atoms with Crippen LogP contribution in [-0.2, 0) is 4.79 Å².